The minimum Gasteiger partial charge on any atom is 1.00 e. The van der Waals surface area contributed by atoms with Crippen molar-refractivity contribution in [1.29, 1.82) is 0 Å². The first kappa shape index (κ1) is 5.79. The third-order valence-electron chi connectivity index (χ3n) is 0.312. The van der Waals surface area contributed by atoms with E-state index >= 15 is 0 Å². The van der Waals surface area contributed by atoms with Gasteiger partial charge in [-0.25, -0.2) is 0 Å². The van der Waals surface area contributed by atoms with Crippen LogP contribution in [-0.2, 0) is 0 Å². The Balaban J connectivity index is 0. The number of hydrogen-bond donors (Lipinski definition) is 0. The van der Waals surface area contributed by atoms with Gasteiger partial charge >= 0.3 is 48.0 Å². The zero-order valence-electron chi connectivity index (χ0n) is 4.44. The van der Waals surface area contributed by atoms with Gasteiger partial charge in [0.25, 0.3) is 0 Å². The molecule has 0 spiro atoms. The molecule has 1 radical (unpaired) electrons. The smallest absolute Gasteiger partial charge is 1.00 e. The van der Waals surface area contributed by atoms with Crippen molar-refractivity contribution in [1.82, 2.24) is 0 Å². The maximum absolute atomic E-state index is 3.77. The first-order valence-electron chi connectivity index (χ1n) is 1.71. The molecule has 1 unspecified atom stereocenters. The van der Waals surface area contributed by atoms with Gasteiger partial charge in [-0.05, 0) is 0 Å². The molecule has 0 N–H and O–H groups in total. The van der Waals surface area contributed by atoms with Gasteiger partial charge in [-0.3, -0.25) is 0 Å². The van der Waals surface area contributed by atoms with Crippen LogP contribution >= 0.6 is 0 Å². The van der Waals surface area contributed by atoms with E-state index in [0.29, 0.717) is 5.92 Å². The van der Waals surface area contributed by atoms with E-state index < -0.39 is 0 Å². The predicted molar refractivity (Wildman–Crippen MR) is 27.6 cm³/mol. The van der Waals surface area contributed by atoms with Gasteiger partial charge in [-0.1, -0.05) is 0 Å². The van der Waals surface area contributed by atoms with E-state index in [1.165, 1.54) is 4.47 Å². The summed E-state index contributed by atoms with van der Waals surface area (Å²) >= 11 is 1.84. The molecular formula is C4H10Te+. The van der Waals surface area contributed by atoms with Crippen LogP contribution in [-0.4, -0.2) is 22.3 Å². The summed E-state index contributed by atoms with van der Waals surface area (Å²) < 4.78 is 1.24. The molecule has 31 valence electrons. The van der Waals surface area contributed by atoms with Crippen molar-refractivity contribution in [3.8, 4) is 0 Å². The summed E-state index contributed by atoms with van der Waals surface area (Å²) in [5.41, 5.74) is 0. The van der Waals surface area contributed by atoms with Gasteiger partial charge in [-0.2, -0.15) is 0 Å². The van der Waals surface area contributed by atoms with Gasteiger partial charge in [0.1, 0.15) is 0 Å². The minimum atomic E-state index is 0. The van der Waals surface area contributed by atoms with E-state index in [9.17, 15) is 0 Å². The number of hydrogen-bond acceptors (Lipinski definition) is 0. The standard InChI is InChI=1S/C4H9Te/c1-4(2)3-5/h4-5H,1,3H2,2H3/p+1. The van der Waals surface area contributed by atoms with Crippen molar-refractivity contribution in [3.05, 3.63) is 6.92 Å². The monoisotopic (exact) mass is 188 g/mol. The van der Waals surface area contributed by atoms with E-state index in [2.05, 4.69) is 13.8 Å². The fraction of sp³-hybridized carbons (Fsp3) is 0.750. The SMILES string of the molecule is [CH2]C(C)C[TeH].[H+]. The summed E-state index contributed by atoms with van der Waals surface area (Å²) in [6.07, 6.45) is 0. The molecule has 0 amide bonds. The fourth-order valence-corrected chi connectivity index (χ4v) is 0. The Labute approximate surface area is 48.3 Å². The Kier molecular flexibility index (Phi) is 3.47. The second kappa shape index (κ2) is 3.00. The van der Waals surface area contributed by atoms with Crippen LogP contribution in [0.4, 0.5) is 0 Å². The Morgan fingerprint density at radius 3 is 2.40 bits per heavy atom. The molecule has 0 aromatic rings. The molecule has 0 saturated heterocycles. The summed E-state index contributed by atoms with van der Waals surface area (Å²) in [6.45, 7) is 5.89. The third-order valence-corrected chi connectivity index (χ3v) is 2.09. The molecule has 5 heavy (non-hydrogen) atoms. The van der Waals surface area contributed by atoms with Crippen molar-refractivity contribution in [2.24, 2.45) is 5.92 Å². The van der Waals surface area contributed by atoms with Crippen LogP contribution in [0.15, 0.2) is 0 Å². The van der Waals surface area contributed by atoms with Crippen LogP contribution in [0.1, 0.15) is 8.35 Å². The first-order valence-corrected chi connectivity index (χ1v) is 3.52. The molecule has 1 atom stereocenters. The molecule has 0 aliphatic heterocycles. The summed E-state index contributed by atoms with van der Waals surface area (Å²) in [5, 5.41) is 0. The molecule has 1 heteroatoms. The Hall–Kier alpha value is 0.790. The zero-order valence-corrected chi connectivity index (χ0v) is 5.99. The van der Waals surface area contributed by atoms with Crippen molar-refractivity contribution in [2.45, 2.75) is 11.4 Å². The average molecular weight is 186 g/mol. The Morgan fingerprint density at radius 2 is 2.40 bits per heavy atom. The second-order valence-corrected chi connectivity index (χ2v) is 2.33. The van der Waals surface area contributed by atoms with Gasteiger partial charge in [0, 0.05) is 0 Å². The fourth-order valence-electron chi connectivity index (χ4n) is 0. The molecule has 0 aliphatic rings. The van der Waals surface area contributed by atoms with E-state index in [-0.39, 0.29) is 1.43 Å². The quantitative estimate of drug-likeness (QED) is 0.533. The Bertz CT molecular complexity index is 21.5. The predicted octanol–water partition coefficient (Wildman–Crippen LogP) is 0.888. The zero-order chi connectivity index (χ0) is 4.28. The van der Waals surface area contributed by atoms with E-state index in [1.54, 1.807) is 0 Å². The molecule has 0 heterocycles. The van der Waals surface area contributed by atoms with Crippen LogP contribution in [0.25, 0.3) is 0 Å². The minimum absolute atomic E-state index is 0. The Morgan fingerprint density at radius 1 is 2.20 bits per heavy atom. The number of rotatable bonds is 1. The van der Waals surface area contributed by atoms with Crippen molar-refractivity contribution < 1.29 is 1.43 Å². The third kappa shape index (κ3) is 4.79. The summed E-state index contributed by atoms with van der Waals surface area (Å²) in [5.74, 6) is 0.656. The molecule has 0 saturated carbocycles. The van der Waals surface area contributed by atoms with Crippen LogP contribution in [0.5, 0.6) is 0 Å². The van der Waals surface area contributed by atoms with E-state index in [1.807, 2.05) is 22.3 Å². The van der Waals surface area contributed by atoms with Crippen LogP contribution in [0.3, 0.4) is 0 Å². The molecule has 0 nitrogen and oxygen atoms in total. The molecule has 0 fully saturated rings. The maximum Gasteiger partial charge on any atom is 1.00 e. The topological polar surface area (TPSA) is 0 Å². The van der Waals surface area contributed by atoms with Crippen LogP contribution < -0.4 is 0 Å². The van der Waals surface area contributed by atoms with Crippen molar-refractivity contribution in [3.63, 3.8) is 0 Å². The molecule has 0 aromatic carbocycles. The van der Waals surface area contributed by atoms with E-state index in [4.69, 9.17) is 0 Å². The first-order chi connectivity index (χ1) is 2.27. The average Bonchev–Trinajstić information content (AvgIpc) is 1.38. The maximum atomic E-state index is 3.77. The molecule has 0 rings (SSSR count). The van der Waals surface area contributed by atoms with E-state index in [0.717, 1.165) is 0 Å². The van der Waals surface area contributed by atoms with Crippen LogP contribution in [0, 0.1) is 12.8 Å². The van der Waals surface area contributed by atoms with Gasteiger partial charge in [0.2, 0.25) is 0 Å². The van der Waals surface area contributed by atoms with Gasteiger partial charge in [0.15, 0.2) is 0 Å². The van der Waals surface area contributed by atoms with Crippen LogP contribution in [0.2, 0.25) is 4.47 Å². The summed E-state index contributed by atoms with van der Waals surface area (Å²) in [7, 11) is 0. The molecule has 0 bridgehead atoms. The van der Waals surface area contributed by atoms with Gasteiger partial charge in [0.05, 0.1) is 0 Å². The largest absolute Gasteiger partial charge is 1.00 e. The summed E-state index contributed by atoms with van der Waals surface area (Å²) in [6, 6.07) is 0. The summed E-state index contributed by atoms with van der Waals surface area (Å²) in [4.78, 5) is 0. The second-order valence-electron chi connectivity index (χ2n) is 1.29. The molecule has 0 aromatic heterocycles. The normalized spacial score (nSPS) is 9.60. The van der Waals surface area contributed by atoms with Crippen molar-refractivity contribution >= 4 is 22.3 Å². The van der Waals surface area contributed by atoms with Gasteiger partial charge in [-0.15, -0.1) is 0 Å². The van der Waals surface area contributed by atoms with Gasteiger partial charge < -0.3 is 0 Å². The van der Waals surface area contributed by atoms with Crippen molar-refractivity contribution in [2.75, 3.05) is 0 Å². The molecular weight excluding hydrogens is 176 g/mol. The molecule has 0 aliphatic carbocycles.